The predicted octanol–water partition coefficient (Wildman–Crippen LogP) is 2.60. The quantitative estimate of drug-likeness (QED) is 0.822. The van der Waals surface area contributed by atoms with E-state index in [2.05, 4.69) is 28.7 Å². The van der Waals surface area contributed by atoms with Crippen LogP contribution in [-0.4, -0.2) is 40.9 Å². The third kappa shape index (κ3) is 3.81. The number of aromatic nitrogens is 2. The third-order valence-electron chi connectivity index (χ3n) is 3.55. The summed E-state index contributed by atoms with van der Waals surface area (Å²) in [5, 5.41) is 0. The fourth-order valence-corrected chi connectivity index (χ4v) is 2.27. The van der Waals surface area contributed by atoms with Crippen LogP contribution in [-0.2, 0) is 6.54 Å². The summed E-state index contributed by atoms with van der Waals surface area (Å²) in [7, 11) is 1.77. The molecule has 1 aromatic heterocycles. The van der Waals surface area contributed by atoms with E-state index in [0.717, 1.165) is 24.5 Å². The van der Waals surface area contributed by atoms with Crippen LogP contribution < -0.4 is 4.90 Å². The number of carbonyl (C=O) groups is 1. The molecule has 0 spiro atoms. The maximum Gasteiger partial charge on any atom is 0.274 e. The second-order valence-corrected chi connectivity index (χ2v) is 5.08. The molecule has 0 aliphatic heterocycles. The highest BCUT2D eigenvalue weighted by Crippen LogP contribution is 2.10. The number of hydrogen-bond acceptors (Lipinski definition) is 4. The first-order chi connectivity index (χ1) is 10.7. The number of amides is 1. The van der Waals surface area contributed by atoms with Crippen molar-refractivity contribution in [1.82, 2.24) is 14.9 Å². The summed E-state index contributed by atoms with van der Waals surface area (Å²) in [6.07, 6.45) is 3.22. The molecule has 0 unspecified atom stereocenters. The number of hydrogen-bond donors (Lipinski definition) is 0. The van der Waals surface area contributed by atoms with E-state index >= 15 is 0 Å². The van der Waals surface area contributed by atoms with Gasteiger partial charge in [0, 0.05) is 26.7 Å². The summed E-state index contributed by atoms with van der Waals surface area (Å²) in [4.78, 5) is 24.7. The van der Waals surface area contributed by atoms with Gasteiger partial charge >= 0.3 is 0 Å². The minimum atomic E-state index is -0.123. The molecule has 1 heterocycles. The molecule has 116 valence electrons. The van der Waals surface area contributed by atoms with Crippen LogP contribution in [0.1, 0.15) is 29.9 Å². The second-order valence-electron chi connectivity index (χ2n) is 5.08. The van der Waals surface area contributed by atoms with Gasteiger partial charge in [0.25, 0.3) is 5.91 Å². The van der Waals surface area contributed by atoms with Gasteiger partial charge in [-0.1, -0.05) is 30.3 Å². The normalized spacial score (nSPS) is 10.3. The molecule has 0 aliphatic carbocycles. The largest absolute Gasteiger partial charge is 0.356 e. The standard InChI is InChI=1S/C17H22N4O/c1-4-21(5-2)16-12-18-15(11-19-16)17(22)20(3)13-14-9-7-6-8-10-14/h6-12H,4-5,13H2,1-3H3. The average molecular weight is 298 g/mol. The Morgan fingerprint density at radius 1 is 1.05 bits per heavy atom. The van der Waals surface area contributed by atoms with Crippen LogP contribution in [0.4, 0.5) is 5.82 Å². The van der Waals surface area contributed by atoms with Gasteiger partial charge in [-0.05, 0) is 19.4 Å². The second kappa shape index (κ2) is 7.54. The maximum atomic E-state index is 12.4. The lowest BCUT2D eigenvalue weighted by molar-refractivity contribution is 0.0779. The Hall–Kier alpha value is -2.43. The highest BCUT2D eigenvalue weighted by Gasteiger charge is 2.14. The maximum absolute atomic E-state index is 12.4. The first-order valence-corrected chi connectivity index (χ1v) is 7.52. The first-order valence-electron chi connectivity index (χ1n) is 7.52. The van der Waals surface area contributed by atoms with Crippen LogP contribution in [0.15, 0.2) is 42.7 Å². The molecule has 2 rings (SSSR count). The number of benzene rings is 1. The molecule has 0 bridgehead atoms. The lowest BCUT2D eigenvalue weighted by Crippen LogP contribution is -2.28. The molecule has 2 aromatic rings. The molecule has 0 aliphatic rings. The van der Waals surface area contributed by atoms with E-state index in [1.807, 2.05) is 30.3 Å². The molecule has 0 radical (unpaired) electrons. The molecule has 0 atom stereocenters. The van der Waals surface area contributed by atoms with E-state index < -0.39 is 0 Å². The topological polar surface area (TPSA) is 49.3 Å². The molecule has 22 heavy (non-hydrogen) atoms. The smallest absolute Gasteiger partial charge is 0.274 e. The zero-order valence-electron chi connectivity index (χ0n) is 13.4. The van der Waals surface area contributed by atoms with Crippen molar-refractivity contribution in [2.24, 2.45) is 0 Å². The van der Waals surface area contributed by atoms with E-state index in [9.17, 15) is 4.79 Å². The van der Waals surface area contributed by atoms with Gasteiger partial charge in [-0.3, -0.25) is 4.79 Å². The molecule has 1 amide bonds. The summed E-state index contributed by atoms with van der Waals surface area (Å²) in [5.74, 6) is 0.676. The summed E-state index contributed by atoms with van der Waals surface area (Å²) < 4.78 is 0. The van der Waals surface area contributed by atoms with Crippen molar-refractivity contribution in [3.63, 3.8) is 0 Å². The highest BCUT2D eigenvalue weighted by molar-refractivity contribution is 5.91. The van der Waals surface area contributed by atoms with Gasteiger partial charge in [-0.25, -0.2) is 9.97 Å². The van der Waals surface area contributed by atoms with Crippen LogP contribution in [0.3, 0.4) is 0 Å². The molecule has 0 fully saturated rings. The van der Waals surface area contributed by atoms with Gasteiger partial charge in [0.05, 0.1) is 12.4 Å². The Bertz CT molecular complexity index is 594. The Morgan fingerprint density at radius 2 is 1.73 bits per heavy atom. The third-order valence-corrected chi connectivity index (χ3v) is 3.55. The summed E-state index contributed by atoms with van der Waals surface area (Å²) >= 11 is 0. The van der Waals surface area contributed by atoms with Crippen molar-refractivity contribution in [3.05, 3.63) is 54.0 Å². The lowest BCUT2D eigenvalue weighted by atomic mass is 10.2. The molecule has 0 saturated carbocycles. The van der Waals surface area contributed by atoms with Crippen molar-refractivity contribution in [2.75, 3.05) is 25.0 Å². The summed E-state index contributed by atoms with van der Waals surface area (Å²) in [5.41, 5.74) is 1.46. The van der Waals surface area contributed by atoms with Gasteiger partial charge in [0.2, 0.25) is 0 Å². The molecule has 0 saturated heterocycles. The van der Waals surface area contributed by atoms with Gasteiger partial charge in [-0.15, -0.1) is 0 Å². The first kappa shape index (κ1) is 15.9. The monoisotopic (exact) mass is 298 g/mol. The molecule has 1 aromatic carbocycles. The van der Waals surface area contributed by atoms with Crippen LogP contribution >= 0.6 is 0 Å². The van der Waals surface area contributed by atoms with Crippen molar-refractivity contribution in [2.45, 2.75) is 20.4 Å². The summed E-state index contributed by atoms with van der Waals surface area (Å²) in [6.45, 7) is 6.42. The van der Waals surface area contributed by atoms with Crippen molar-refractivity contribution in [1.29, 1.82) is 0 Å². The Kier molecular flexibility index (Phi) is 5.47. The SMILES string of the molecule is CCN(CC)c1cnc(C(=O)N(C)Cc2ccccc2)cn1. The van der Waals surface area contributed by atoms with Crippen LogP contribution in [0.5, 0.6) is 0 Å². The van der Waals surface area contributed by atoms with Crippen molar-refractivity contribution < 1.29 is 4.79 Å². The zero-order chi connectivity index (χ0) is 15.9. The van der Waals surface area contributed by atoms with E-state index in [1.54, 1.807) is 24.3 Å². The van der Waals surface area contributed by atoms with E-state index in [1.165, 1.54) is 0 Å². The predicted molar refractivity (Wildman–Crippen MR) is 87.8 cm³/mol. The fraction of sp³-hybridized carbons (Fsp3) is 0.353. The van der Waals surface area contributed by atoms with Gasteiger partial charge in [0.1, 0.15) is 11.5 Å². The number of nitrogens with zero attached hydrogens (tertiary/aromatic N) is 4. The van der Waals surface area contributed by atoms with Gasteiger partial charge < -0.3 is 9.80 Å². The van der Waals surface area contributed by atoms with Crippen LogP contribution in [0.25, 0.3) is 0 Å². The number of rotatable bonds is 6. The van der Waals surface area contributed by atoms with Gasteiger partial charge in [0.15, 0.2) is 0 Å². The lowest BCUT2D eigenvalue weighted by Gasteiger charge is -2.20. The Labute approximate surface area is 131 Å². The highest BCUT2D eigenvalue weighted by atomic mass is 16.2. The zero-order valence-corrected chi connectivity index (χ0v) is 13.4. The van der Waals surface area contributed by atoms with Crippen molar-refractivity contribution >= 4 is 11.7 Å². The molecular formula is C17H22N4O. The Morgan fingerprint density at radius 3 is 2.27 bits per heavy atom. The number of anilines is 1. The van der Waals surface area contributed by atoms with E-state index in [-0.39, 0.29) is 5.91 Å². The molecule has 5 heteroatoms. The molecular weight excluding hydrogens is 276 g/mol. The molecule has 5 nitrogen and oxygen atoms in total. The minimum absolute atomic E-state index is 0.123. The van der Waals surface area contributed by atoms with E-state index in [0.29, 0.717) is 12.2 Å². The van der Waals surface area contributed by atoms with Gasteiger partial charge in [-0.2, -0.15) is 0 Å². The van der Waals surface area contributed by atoms with E-state index in [4.69, 9.17) is 0 Å². The van der Waals surface area contributed by atoms with Crippen molar-refractivity contribution in [3.8, 4) is 0 Å². The van der Waals surface area contributed by atoms with Crippen LogP contribution in [0.2, 0.25) is 0 Å². The van der Waals surface area contributed by atoms with Crippen LogP contribution in [0, 0.1) is 0 Å². The average Bonchev–Trinajstić information content (AvgIpc) is 2.57. The minimum Gasteiger partial charge on any atom is -0.356 e. The molecule has 0 N–H and O–H groups in total. The summed E-state index contributed by atoms with van der Waals surface area (Å²) in [6, 6.07) is 9.89. The number of carbonyl (C=O) groups excluding carboxylic acids is 1. The Balaban J connectivity index is 2.06. The fourth-order valence-electron chi connectivity index (χ4n) is 2.27.